The standard InChI is InChI=1S/C27H29ClN4O5/c1-15(2)32-21(13-33)23(19-9-7-17(28)10-20(19)27(34)37-5)24-25(30-14-31-26(24)32)29-12-16-6-8-18(35-3)11-22(16)36-4/h6-11,14-15,33H,12-13H2,1-5H3,(H,29,30,31). The maximum Gasteiger partial charge on any atom is 0.338 e. The van der Waals surface area contributed by atoms with Crippen LogP contribution in [0, 0.1) is 0 Å². The van der Waals surface area contributed by atoms with E-state index in [1.807, 2.05) is 36.6 Å². The quantitative estimate of drug-likeness (QED) is 0.286. The molecule has 10 heteroatoms. The van der Waals surface area contributed by atoms with Crippen LogP contribution in [-0.2, 0) is 17.9 Å². The Kier molecular flexibility index (Phi) is 7.85. The van der Waals surface area contributed by atoms with Crippen molar-refractivity contribution in [1.82, 2.24) is 14.5 Å². The number of halogens is 1. The van der Waals surface area contributed by atoms with Gasteiger partial charge in [-0.05, 0) is 43.7 Å². The number of esters is 1. The van der Waals surface area contributed by atoms with Crippen molar-refractivity contribution < 1.29 is 24.1 Å². The number of benzene rings is 2. The van der Waals surface area contributed by atoms with Crippen LogP contribution in [0.1, 0.15) is 41.5 Å². The van der Waals surface area contributed by atoms with Gasteiger partial charge in [0.15, 0.2) is 0 Å². The number of carbonyl (C=O) groups excluding carboxylic acids is 1. The number of aliphatic hydroxyl groups excluding tert-OH is 1. The molecule has 0 radical (unpaired) electrons. The van der Waals surface area contributed by atoms with Gasteiger partial charge in [0.1, 0.15) is 29.3 Å². The number of nitrogens with zero attached hydrogens (tertiary/aromatic N) is 3. The summed E-state index contributed by atoms with van der Waals surface area (Å²) >= 11 is 6.23. The number of nitrogens with one attached hydrogen (secondary N) is 1. The van der Waals surface area contributed by atoms with Crippen molar-refractivity contribution in [2.24, 2.45) is 0 Å². The van der Waals surface area contributed by atoms with E-state index in [-0.39, 0.29) is 18.2 Å². The van der Waals surface area contributed by atoms with Gasteiger partial charge in [0, 0.05) is 34.8 Å². The van der Waals surface area contributed by atoms with Gasteiger partial charge < -0.3 is 29.2 Å². The topological polar surface area (TPSA) is 108 Å². The summed E-state index contributed by atoms with van der Waals surface area (Å²) in [5, 5.41) is 15.0. The molecule has 9 nitrogen and oxygen atoms in total. The molecule has 4 rings (SSSR count). The van der Waals surface area contributed by atoms with E-state index < -0.39 is 5.97 Å². The summed E-state index contributed by atoms with van der Waals surface area (Å²) in [6.07, 6.45) is 1.48. The first-order chi connectivity index (χ1) is 17.8. The van der Waals surface area contributed by atoms with Crippen molar-refractivity contribution in [2.45, 2.75) is 33.0 Å². The molecule has 0 bridgehead atoms. The second kappa shape index (κ2) is 11.1. The molecule has 194 valence electrons. The van der Waals surface area contributed by atoms with Gasteiger partial charge in [-0.15, -0.1) is 0 Å². The number of carbonyl (C=O) groups is 1. The first-order valence-corrected chi connectivity index (χ1v) is 12.0. The lowest BCUT2D eigenvalue weighted by Gasteiger charge is -2.14. The molecule has 0 atom stereocenters. The molecule has 0 aliphatic heterocycles. The molecule has 2 heterocycles. The highest BCUT2D eigenvalue weighted by Crippen LogP contribution is 2.41. The lowest BCUT2D eigenvalue weighted by atomic mass is 9.97. The van der Waals surface area contributed by atoms with E-state index in [1.165, 1.54) is 13.4 Å². The number of rotatable bonds is 9. The molecule has 0 unspecified atom stereocenters. The van der Waals surface area contributed by atoms with Crippen molar-refractivity contribution in [1.29, 1.82) is 0 Å². The summed E-state index contributed by atoms with van der Waals surface area (Å²) in [6.45, 7) is 4.12. The molecule has 2 aromatic heterocycles. The van der Waals surface area contributed by atoms with Crippen LogP contribution in [0.25, 0.3) is 22.2 Å². The molecule has 4 aromatic rings. The van der Waals surface area contributed by atoms with Crippen LogP contribution in [-0.4, -0.2) is 46.9 Å². The third-order valence-electron chi connectivity index (χ3n) is 6.15. The zero-order chi connectivity index (χ0) is 26.7. The highest BCUT2D eigenvalue weighted by Gasteiger charge is 2.27. The van der Waals surface area contributed by atoms with Crippen LogP contribution in [0.2, 0.25) is 5.02 Å². The fraction of sp³-hybridized carbons (Fsp3) is 0.296. The minimum atomic E-state index is -0.541. The maximum absolute atomic E-state index is 12.7. The van der Waals surface area contributed by atoms with Crippen LogP contribution in [0.5, 0.6) is 11.5 Å². The summed E-state index contributed by atoms with van der Waals surface area (Å²) in [5.41, 5.74) is 3.59. The Labute approximate surface area is 220 Å². The first kappa shape index (κ1) is 26.2. The number of ether oxygens (including phenoxy) is 3. The normalized spacial score (nSPS) is 11.1. The average Bonchev–Trinajstić information content (AvgIpc) is 3.26. The van der Waals surface area contributed by atoms with E-state index in [4.69, 9.17) is 25.8 Å². The van der Waals surface area contributed by atoms with Gasteiger partial charge in [0.05, 0.1) is 44.6 Å². The molecule has 0 saturated heterocycles. The Morgan fingerprint density at radius 2 is 1.89 bits per heavy atom. The van der Waals surface area contributed by atoms with E-state index in [9.17, 15) is 9.90 Å². The zero-order valence-electron chi connectivity index (χ0n) is 21.3. The SMILES string of the molecule is COC(=O)c1cc(Cl)ccc1-c1c(CO)n(C(C)C)c2ncnc(NCc3ccc(OC)cc3OC)c12. The van der Waals surface area contributed by atoms with Crippen molar-refractivity contribution in [3.05, 3.63) is 64.6 Å². The molecular weight excluding hydrogens is 496 g/mol. The minimum Gasteiger partial charge on any atom is -0.497 e. The molecule has 0 fully saturated rings. The smallest absolute Gasteiger partial charge is 0.338 e. The molecule has 0 aliphatic carbocycles. The first-order valence-electron chi connectivity index (χ1n) is 11.7. The van der Waals surface area contributed by atoms with Crippen LogP contribution < -0.4 is 14.8 Å². The van der Waals surface area contributed by atoms with E-state index in [2.05, 4.69) is 15.3 Å². The van der Waals surface area contributed by atoms with Gasteiger partial charge in [-0.3, -0.25) is 0 Å². The van der Waals surface area contributed by atoms with E-state index in [0.717, 1.165) is 5.56 Å². The van der Waals surface area contributed by atoms with Crippen molar-refractivity contribution >= 4 is 34.4 Å². The van der Waals surface area contributed by atoms with E-state index in [0.29, 0.717) is 56.7 Å². The molecule has 0 saturated carbocycles. The van der Waals surface area contributed by atoms with Crippen LogP contribution in [0.15, 0.2) is 42.7 Å². The van der Waals surface area contributed by atoms with Gasteiger partial charge in [-0.2, -0.15) is 0 Å². The number of anilines is 1. The fourth-order valence-electron chi connectivity index (χ4n) is 4.51. The van der Waals surface area contributed by atoms with Gasteiger partial charge >= 0.3 is 5.97 Å². The second-order valence-electron chi connectivity index (χ2n) is 8.58. The number of aromatic nitrogens is 3. The zero-order valence-corrected chi connectivity index (χ0v) is 22.1. The average molecular weight is 525 g/mol. The fourth-order valence-corrected chi connectivity index (χ4v) is 4.68. The van der Waals surface area contributed by atoms with Crippen molar-refractivity contribution in [3.63, 3.8) is 0 Å². The highest BCUT2D eigenvalue weighted by molar-refractivity contribution is 6.31. The maximum atomic E-state index is 12.7. The van der Waals surface area contributed by atoms with Crippen molar-refractivity contribution in [3.8, 4) is 22.6 Å². The molecule has 0 aliphatic rings. The molecule has 37 heavy (non-hydrogen) atoms. The lowest BCUT2D eigenvalue weighted by molar-refractivity contribution is 0.0601. The molecular formula is C27H29ClN4O5. The Balaban J connectivity index is 1.94. The molecule has 0 amide bonds. The summed E-state index contributed by atoms with van der Waals surface area (Å²) in [7, 11) is 4.52. The van der Waals surface area contributed by atoms with Crippen molar-refractivity contribution in [2.75, 3.05) is 26.6 Å². The third kappa shape index (κ3) is 4.92. The lowest BCUT2D eigenvalue weighted by Crippen LogP contribution is -2.08. The minimum absolute atomic E-state index is 0.0308. The summed E-state index contributed by atoms with van der Waals surface area (Å²) in [4.78, 5) is 21.8. The number of hydrogen-bond donors (Lipinski definition) is 2. The van der Waals surface area contributed by atoms with Gasteiger partial charge in [0.2, 0.25) is 0 Å². The molecule has 0 spiro atoms. The number of methoxy groups -OCH3 is 3. The summed E-state index contributed by atoms with van der Waals surface area (Å²) in [5.74, 6) is 1.35. The molecule has 2 aromatic carbocycles. The molecule has 2 N–H and O–H groups in total. The Morgan fingerprint density at radius 3 is 2.54 bits per heavy atom. The summed E-state index contributed by atoms with van der Waals surface area (Å²) < 4.78 is 17.8. The predicted molar refractivity (Wildman–Crippen MR) is 142 cm³/mol. The van der Waals surface area contributed by atoms with Gasteiger partial charge in [-0.25, -0.2) is 14.8 Å². The summed E-state index contributed by atoms with van der Waals surface area (Å²) in [6, 6.07) is 10.6. The Morgan fingerprint density at radius 1 is 1.11 bits per heavy atom. The van der Waals surface area contributed by atoms with Crippen LogP contribution >= 0.6 is 11.6 Å². The van der Waals surface area contributed by atoms with Gasteiger partial charge in [-0.1, -0.05) is 17.7 Å². The van der Waals surface area contributed by atoms with Crippen LogP contribution in [0.3, 0.4) is 0 Å². The van der Waals surface area contributed by atoms with E-state index in [1.54, 1.807) is 32.4 Å². The second-order valence-corrected chi connectivity index (χ2v) is 9.01. The predicted octanol–water partition coefficient (Wildman–Crippen LogP) is 5.24. The van der Waals surface area contributed by atoms with E-state index >= 15 is 0 Å². The number of fused-ring (bicyclic) bond motifs is 1. The Hall–Kier alpha value is -3.82. The highest BCUT2D eigenvalue weighted by atomic mass is 35.5. The largest absolute Gasteiger partial charge is 0.497 e. The van der Waals surface area contributed by atoms with Gasteiger partial charge in [0.25, 0.3) is 0 Å². The third-order valence-corrected chi connectivity index (χ3v) is 6.38. The number of hydrogen-bond acceptors (Lipinski definition) is 8. The number of aliphatic hydroxyl groups is 1. The van der Waals surface area contributed by atoms with Crippen LogP contribution in [0.4, 0.5) is 5.82 Å². The Bertz CT molecular complexity index is 1450. The monoisotopic (exact) mass is 524 g/mol.